The van der Waals surface area contributed by atoms with Gasteiger partial charge in [0.2, 0.25) is 11.8 Å². The van der Waals surface area contributed by atoms with Gasteiger partial charge in [0.1, 0.15) is 6.33 Å². The van der Waals surface area contributed by atoms with Gasteiger partial charge in [0.05, 0.1) is 18.7 Å². The molecular formula is C20H22N6O2. The minimum Gasteiger partial charge on any atom is -0.336 e. The zero-order valence-electron chi connectivity index (χ0n) is 16.1. The van der Waals surface area contributed by atoms with Gasteiger partial charge in [-0.1, -0.05) is 24.3 Å². The van der Waals surface area contributed by atoms with Crippen LogP contribution in [-0.4, -0.2) is 50.5 Å². The van der Waals surface area contributed by atoms with E-state index in [-0.39, 0.29) is 24.8 Å². The summed E-state index contributed by atoms with van der Waals surface area (Å²) in [4.78, 5) is 26.2. The number of hydrogen-bond donors (Lipinski definition) is 1. The van der Waals surface area contributed by atoms with Crippen LogP contribution in [0.2, 0.25) is 0 Å². The van der Waals surface area contributed by atoms with Crippen LogP contribution in [0.1, 0.15) is 16.7 Å². The number of amides is 2. The number of tetrazole rings is 1. The monoisotopic (exact) mass is 378 g/mol. The first-order valence-corrected chi connectivity index (χ1v) is 8.86. The van der Waals surface area contributed by atoms with Gasteiger partial charge >= 0.3 is 0 Å². The van der Waals surface area contributed by atoms with Crippen LogP contribution < -0.4 is 5.32 Å². The fourth-order valence-electron chi connectivity index (χ4n) is 2.74. The Morgan fingerprint density at radius 1 is 1.11 bits per heavy atom. The van der Waals surface area contributed by atoms with Gasteiger partial charge in [-0.15, -0.1) is 5.10 Å². The van der Waals surface area contributed by atoms with E-state index in [0.717, 1.165) is 28.1 Å². The second-order valence-corrected chi connectivity index (χ2v) is 6.64. The number of hydrogen-bond acceptors (Lipinski definition) is 5. The average Bonchev–Trinajstić information content (AvgIpc) is 3.20. The summed E-state index contributed by atoms with van der Waals surface area (Å²) in [5, 5.41) is 13.9. The van der Waals surface area contributed by atoms with Crippen molar-refractivity contribution >= 4 is 17.5 Å². The number of nitrogens with one attached hydrogen (secondary N) is 1. The molecule has 0 fully saturated rings. The molecule has 0 aliphatic heterocycles. The summed E-state index contributed by atoms with van der Waals surface area (Å²) < 4.78 is 1.54. The fraction of sp³-hybridized carbons (Fsp3) is 0.250. The zero-order valence-corrected chi connectivity index (χ0v) is 16.1. The molecule has 0 aliphatic carbocycles. The van der Waals surface area contributed by atoms with E-state index in [1.807, 2.05) is 56.3 Å². The normalized spacial score (nSPS) is 10.5. The Balaban J connectivity index is 1.55. The number of likely N-dealkylation sites (N-methyl/N-ethyl adjacent to an activating group) is 1. The van der Waals surface area contributed by atoms with Crippen molar-refractivity contribution in [2.24, 2.45) is 0 Å². The SMILES string of the molecule is Cc1cccc(NC(=O)CN(C)C(=O)Cc2ccc(-n3cnnn3)cc2)c1C. The predicted octanol–water partition coefficient (Wildman–Crippen LogP) is 1.92. The van der Waals surface area contributed by atoms with Crippen molar-refractivity contribution in [2.45, 2.75) is 20.3 Å². The predicted molar refractivity (Wildman–Crippen MR) is 105 cm³/mol. The lowest BCUT2D eigenvalue weighted by Crippen LogP contribution is -2.35. The molecule has 144 valence electrons. The summed E-state index contributed by atoms with van der Waals surface area (Å²) >= 11 is 0. The van der Waals surface area contributed by atoms with Crippen LogP contribution in [-0.2, 0) is 16.0 Å². The third-order valence-electron chi connectivity index (χ3n) is 4.59. The summed E-state index contributed by atoms with van der Waals surface area (Å²) in [6.07, 6.45) is 1.71. The van der Waals surface area contributed by atoms with E-state index in [2.05, 4.69) is 20.8 Å². The number of nitrogens with zero attached hydrogens (tertiary/aromatic N) is 5. The highest BCUT2D eigenvalue weighted by Gasteiger charge is 2.14. The van der Waals surface area contributed by atoms with Crippen LogP contribution in [0, 0.1) is 13.8 Å². The molecule has 0 saturated heterocycles. The molecule has 28 heavy (non-hydrogen) atoms. The molecule has 0 radical (unpaired) electrons. The standard InChI is InChI=1S/C20H22N6O2/c1-14-5-4-6-18(15(14)2)22-19(27)12-25(3)20(28)11-16-7-9-17(10-8-16)26-13-21-23-24-26/h4-10,13H,11-12H2,1-3H3,(H,22,27). The molecule has 2 aromatic carbocycles. The first kappa shape index (κ1) is 19.2. The van der Waals surface area contributed by atoms with Gasteiger partial charge in [-0.2, -0.15) is 0 Å². The Morgan fingerprint density at radius 2 is 1.86 bits per heavy atom. The molecule has 2 amide bonds. The molecule has 0 bridgehead atoms. The molecular weight excluding hydrogens is 356 g/mol. The smallest absolute Gasteiger partial charge is 0.243 e. The fourth-order valence-corrected chi connectivity index (χ4v) is 2.74. The second-order valence-electron chi connectivity index (χ2n) is 6.64. The van der Waals surface area contributed by atoms with Crippen molar-refractivity contribution in [3.8, 4) is 5.69 Å². The van der Waals surface area contributed by atoms with Gasteiger partial charge in [-0.3, -0.25) is 9.59 Å². The van der Waals surface area contributed by atoms with Crippen molar-refractivity contribution in [1.82, 2.24) is 25.1 Å². The largest absolute Gasteiger partial charge is 0.336 e. The summed E-state index contributed by atoms with van der Waals surface area (Å²) in [7, 11) is 1.63. The summed E-state index contributed by atoms with van der Waals surface area (Å²) in [6.45, 7) is 3.94. The highest BCUT2D eigenvalue weighted by molar-refractivity contribution is 5.95. The van der Waals surface area contributed by atoms with Gasteiger partial charge in [-0.25, -0.2) is 4.68 Å². The first-order chi connectivity index (χ1) is 13.4. The molecule has 1 heterocycles. The molecule has 0 spiro atoms. The molecule has 1 N–H and O–H groups in total. The number of benzene rings is 2. The van der Waals surface area contributed by atoms with Crippen LogP contribution in [0.15, 0.2) is 48.8 Å². The van der Waals surface area contributed by atoms with E-state index in [4.69, 9.17) is 0 Å². The molecule has 1 aromatic heterocycles. The van der Waals surface area contributed by atoms with E-state index >= 15 is 0 Å². The van der Waals surface area contributed by atoms with Crippen molar-refractivity contribution in [1.29, 1.82) is 0 Å². The number of anilines is 1. The Morgan fingerprint density at radius 3 is 2.54 bits per heavy atom. The van der Waals surface area contributed by atoms with Crippen LogP contribution >= 0.6 is 0 Å². The van der Waals surface area contributed by atoms with E-state index in [0.29, 0.717) is 0 Å². The molecule has 3 rings (SSSR count). The van der Waals surface area contributed by atoms with Crippen molar-refractivity contribution in [3.63, 3.8) is 0 Å². The molecule has 8 heteroatoms. The Bertz CT molecular complexity index is 967. The van der Waals surface area contributed by atoms with Crippen molar-refractivity contribution < 1.29 is 9.59 Å². The van der Waals surface area contributed by atoms with Crippen LogP contribution in [0.3, 0.4) is 0 Å². The number of aryl methyl sites for hydroxylation is 1. The molecule has 8 nitrogen and oxygen atoms in total. The first-order valence-electron chi connectivity index (χ1n) is 8.86. The number of aromatic nitrogens is 4. The maximum Gasteiger partial charge on any atom is 0.243 e. The highest BCUT2D eigenvalue weighted by Crippen LogP contribution is 2.17. The lowest BCUT2D eigenvalue weighted by molar-refractivity contribution is -0.132. The Labute approximate surface area is 163 Å². The van der Waals surface area contributed by atoms with Gasteiger partial charge in [-0.05, 0) is 59.2 Å². The zero-order chi connectivity index (χ0) is 20.1. The Hall–Kier alpha value is -3.55. The van der Waals surface area contributed by atoms with E-state index < -0.39 is 0 Å². The maximum atomic E-state index is 12.4. The minimum atomic E-state index is -0.224. The van der Waals surface area contributed by atoms with E-state index in [1.54, 1.807) is 7.05 Å². The summed E-state index contributed by atoms with van der Waals surface area (Å²) in [5.41, 5.74) is 4.55. The van der Waals surface area contributed by atoms with E-state index in [9.17, 15) is 9.59 Å². The van der Waals surface area contributed by atoms with Gasteiger partial charge in [0.15, 0.2) is 0 Å². The van der Waals surface area contributed by atoms with Crippen LogP contribution in [0.25, 0.3) is 5.69 Å². The maximum absolute atomic E-state index is 12.4. The number of rotatable bonds is 6. The third kappa shape index (κ3) is 4.59. The topological polar surface area (TPSA) is 93.0 Å². The molecule has 3 aromatic rings. The molecule has 0 unspecified atom stereocenters. The van der Waals surface area contributed by atoms with Crippen molar-refractivity contribution in [2.75, 3.05) is 18.9 Å². The van der Waals surface area contributed by atoms with Gasteiger partial charge in [0.25, 0.3) is 0 Å². The quantitative estimate of drug-likeness (QED) is 0.707. The van der Waals surface area contributed by atoms with Crippen LogP contribution in [0.5, 0.6) is 0 Å². The lowest BCUT2D eigenvalue weighted by Gasteiger charge is -2.18. The van der Waals surface area contributed by atoms with Gasteiger partial charge < -0.3 is 10.2 Å². The molecule has 0 saturated carbocycles. The highest BCUT2D eigenvalue weighted by atomic mass is 16.2. The van der Waals surface area contributed by atoms with Crippen molar-refractivity contribution in [3.05, 3.63) is 65.5 Å². The summed E-state index contributed by atoms with van der Waals surface area (Å²) in [5.74, 6) is -0.357. The molecule has 0 aliphatic rings. The Kier molecular flexibility index (Phi) is 5.78. The van der Waals surface area contributed by atoms with E-state index in [1.165, 1.54) is 15.9 Å². The molecule has 0 atom stereocenters. The van der Waals surface area contributed by atoms with Gasteiger partial charge in [0, 0.05) is 12.7 Å². The second kappa shape index (κ2) is 8.43. The average molecular weight is 378 g/mol. The summed E-state index contributed by atoms with van der Waals surface area (Å²) in [6, 6.07) is 13.1. The number of carbonyl (C=O) groups is 2. The third-order valence-corrected chi connectivity index (χ3v) is 4.59. The number of carbonyl (C=O) groups excluding carboxylic acids is 2. The van der Waals surface area contributed by atoms with Crippen LogP contribution in [0.4, 0.5) is 5.69 Å². The minimum absolute atomic E-state index is 0.00503. The lowest BCUT2D eigenvalue weighted by atomic mass is 10.1.